The monoisotopic (exact) mass is 532 g/mol. The zero-order valence-corrected chi connectivity index (χ0v) is 22.2. The molecule has 1 aliphatic heterocycles. The number of aromatic carboxylic acids is 1. The van der Waals surface area contributed by atoms with Crippen LogP contribution in [0.15, 0.2) is 59.8 Å². The highest BCUT2D eigenvalue weighted by Gasteiger charge is 2.24. The van der Waals surface area contributed by atoms with E-state index in [-0.39, 0.29) is 16.1 Å². The zero-order chi connectivity index (χ0) is 27.0. The van der Waals surface area contributed by atoms with Crippen LogP contribution in [-0.2, 0) is 10.0 Å². The second-order valence-electron chi connectivity index (χ2n) is 9.42. The molecule has 2 aromatic carbocycles. The smallest absolute Gasteiger partial charge is 0.336 e. The maximum Gasteiger partial charge on any atom is 0.336 e. The van der Waals surface area contributed by atoms with Crippen LogP contribution < -0.4 is 14.5 Å². The van der Waals surface area contributed by atoms with Crippen LogP contribution in [-0.4, -0.2) is 60.6 Å². The minimum Gasteiger partial charge on any atom is -0.478 e. The predicted octanol–water partition coefficient (Wildman–Crippen LogP) is 3.78. The molecule has 1 saturated heterocycles. The number of nitrogens with zero attached hydrogens (tertiary/aromatic N) is 5. The second kappa shape index (κ2) is 9.90. The number of hydrogen-bond acceptors (Lipinski definition) is 8. The Hall–Kier alpha value is -4.25. The standard InChI is InChI=1S/C27H28N6O4S/c1-17-13-18(2)25(19(3)14-17)38(36,37)31-20-5-6-23-21(15-20)22(26(34)35)16-24(30-23)32-9-11-33(12-10-32)27-28-7-4-8-29-27/h4-8,13-16,31H,9-12H2,1-3H3,(H,34,35). The molecule has 0 amide bonds. The van der Waals surface area contributed by atoms with Gasteiger partial charge < -0.3 is 14.9 Å². The Kier molecular flexibility index (Phi) is 6.62. The van der Waals surface area contributed by atoms with Crippen molar-refractivity contribution in [3.63, 3.8) is 0 Å². The SMILES string of the molecule is Cc1cc(C)c(S(=O)(=O)Nc2ccc3nc(N4CCN(c5ncccn5)CC4)cc(C(=O)O)c3c2)c(C)c1. The number of benzene rings is 2. The van der Waals surface area contributed by atoms with Crippen LogP contribution >= 0.6 is 0 Å². The van der Waals surface area contributed by atoms with E-state index in [1.165, 1.54) is 6.07 Å². The number of rotatable bonds is 6. The minimum atomic E-state index is -3.89. The molecule has 1 aliphatic rings. The molecular formula is C27H28N6O4S. The van der Waals surface area contributed by atoms with Gasteiger partial charge in [0.15, 0.2) is 0 Å². The van der Waals surface area contributed by atoms with Crippen molar-refractivity contribution in [2.45, 2.75) is 25.7 Å². The maximum absolute atomic E-state index is 13.2. The van der Waals surface area contributed by atoms with Crippen molar-refractivity contribution in [2.24, 2.45) is 0 Å². The molecule has 0 bridgehead atoms. The van der Waals surface area contributed by atoms with Gasteiger partial charge in [0.25, 0.3) is 10.0 Å². The van der Waals surface area contributed by atoms with E-state index in [1.807, 2.05) is 24.0 Å². The molecule has 0 saturated carbocycles. The van der Waals surface area contributed by atoms with Crippen molar-refractivity contribution in [3.8, 4) is 0 Å². The third-order valence-electron chi connectivity index (χ3n) is 6.59. The molecule has 0 atom stereocenters. The van der Waals surface area contributed by atoms with Crippen LogP contribution in [0.2, 0.25) is 0 Å². The number of pyridine rings is 1. The summed E-state index contributed by atoms with van der Waals surface area (Å²) in [6.45, 7) is 8.03. The van der Waals surface area contributed by atoms with Crippen LogP contribution in [0.3, 0.4) is 0 Å². The largest absolute Gasteiger partial charge is 0.478 e. The highest BCUT2D eigenvalue weighted by Crippen LogP contribution is 2.29. The summed E-state index contributed by atoms with van der Waals surface area (Å²) in [6.07, 6.45) is 3.41. The first-order chi connectivity index (χ1) is 18.1. The van der Waals surface area contributed by atoms with Gasteiger partial charge in [-0.25, -0.2) is 28.2 Å². The van der Waals surface area contributed by atoms with Gasteiger partial charge in [-0.1, -0.05) is 17.7 Å². The Morgan fingerprint density at radius 2 is 1.55 bits per heavy atom. The summed E-state index contributed by atoms with van der Waals surface area (Å²) >= 11 is 0. The summed E-state index contributed by atoms with van der Waals surface area (Å²) < 4.78 is 29.1. The molecule has 2 N–H and O–H groups in total. The van der Waals surface area contributed by atoms with Gasteiger partial charge in [0.05, 0.1) is 16.0 Å². The lowest BCUT2D eigenvalue weighted by molar-refractivity contribution is 0.0699. The zero-order valence-electron chi connectivity index (χ0n) is 21.3. The summed E-state index contributed by atoms with van der Waals surface area (Å²) in [5.74, 6) is 0.110. The molecule has 10 nitrogen and oxygen atoms in total. The molecule has 0 aliphatic carbocycles. The number of carbonyl (C=O) groups is 1. The first kappa shape index (κ1) is 25.4. The molecule has 4 aromatic rings. The number of carboxylic acid groups (broad SMARTS) is 1. The summed E-state index contributed by atoms with van der Waals surface area (Å²) in [4.78, 5) is 29.8. The molecule has 196 valence electrons. The maximum atomic E-state index is 13.2. The van der Waals surface area contributed by atoms with Crippen molar-refractivity contribution in [1.29, 1.82) is 0 Å². The normalized spacial score (nSPS) is 14.1. The van der Waals surface area contributed by atoms with Crippen LogP contribution in [0.1, 0.15) is 27.0 Å². The highest BCUT2D eigenvalue weighted by atomic mass is 32.2. The number of sulfonamides is 1. The number of carboxylic acids is 1. The van der Waals surface area contributed by atoms with Gasteiger partial charge in [-0.05, 0) is 62.2 Å². The Bertz CT molecular complexity index is 1610. The van der Waals surface area contributed by atoms with Gasteiger partial charge in [0, 0.05) is 49.6 Å². The van der Waals surface area contributed by atoms with Crippen molar-refractivity contribution in [2.75, 3.05) is 40.7 Å². The number of fused-ring (bicyclic) bond motifs is 1. The lowest BCUT2D eigenvalue weighted by atomic mass is 10.1. The fraction of sp³-hybridized carbons (Fsp3) is 0.259. The summed E-state index contributed by atoms with van der Waals surface area (Å²) in [6, 6.07) is 11.7. The Morgan fingerprint density at radius 1 is 0.921 bits per heavy atom. The van der Waals surface area contributed by atoms with Crippen molar-refractivity contribution in [1.82, 2.24) is 15.0 Å². The Balaban J connectivity index is 1.43. The lowest BCUT2D eigenvalue weighted by Crippen LogP contribution is -2.47. The number of piperazine rings is 1. The summed E-state index contributed by atoms with van der Waals surface area (Å²) in [5, 5.41) is 10.3. The summed E-state index contributed by atoms with van der Waals surface area (Å²) in [5.41, 5.74) is 3.07. The quantitative estimate of drug-likeness (QED) is 0.381. The molecule has 0 unspecified atom stereocenters. The Labute approximate surface area is 221 Å². The van der Waals surface area contributed by atoms with Crippen molar-refractivity contribution >= 4 is 44.3 Å². The topological polar surface area (TPSA) is 129 Å². The van der Waals surface area contributed by atoms with Crippen molar-refractivity contribution < 1.29 is 18.3 Å². The van der Waals surface area contributed by atoms with E-state index in [0.29, 0.717) is 60.0 Å². The number of anilines is 3. The molecule has 2 aromatic heterocycles. The average molecular weight is 533 g/mol. The average Bonchev–Trinajstić information content (AvgIpc) is 2.87. The number of aromatic nitrogens is 3. The lowest BCUT2D eigenvalue weighted by Gasteiger charge is -2.35. The van der Waals surface area contributed by atoms with Gasteiger partial charge in [0.2, 0.25) is 5.95 Å². The molecular weight excluding hydrogens is 504 g/mol. The number of hydrogen-bond donors (Lipinski definition) is 2. The second-order valence-corrected chi connectivity index (χ2v) is 11.0. The third kappa shape index (κ3) is 4.97. The van der Waals surface area contributed by atoms with Crippen LogP contribution in [0.25, 0.3) is 10.9 Å². The number of aryl methyl sites for hydroxylation is 3. The number of nitrogens with one attached hydrogen (secondary N) is 1. The van der Waals surface area contributed by atoms with Gasteiger partial charge in [-0.3, -0.25) is 4.72 Å². The van der Waals surface area contributed by atoms with Gasteiger partial charge in [0.1, 0.15) is 5.82 Å². The first-order valence-corrected chi connectivity index (χ1v) is 13.7. The first-order valence-electron chi connectivity index (χ1n) is 12.2. The highest BCUT2D eigenvalue weighted by molar-refractivity contribution is 7.92. The fourth-order valence-corrected chi connectivity index (χ4v) is 6.51. The van der Waals surface area contributed by atoms with Gasteiger partial charge >= 0.3 is 5.97 Å². The Morgan fingerprint density at radius 3 is 2.18 bits per heavy atom. The van der Waals surface area contributed by atoms with Crippen molar-refractivity contribution in [3.05, 3.63) is 77.1 Å². The minimum absolute atomic E-state index is 0.0579. The van der Waals surface area contributed by atoms with E-state index in [2.05, 4.69) is 19.6 Å². The predicted molar refractivity (Wildman–Crippen MR) is 147 cm³/mol. The summed E-state index contributed by atoms with van der Waals surface area (Å²) in [7, 11) is -3.89. The molecule has 0 radical (unpaired) electrons. The van der Waals surface area contributed by atoms with E-state index in [9.17, 15) is 18.3 Å². The molecule has 11 heteroatoms. The molecule has 1 fully saturated rings. The van der Waals surface area contributed by atoms with E-state index >= 15 is 0 Å². The molecule has 38 heavy (non-hydrogen) atoms. The van der Waals surface area contributed by atoms with E-state index < -0.39 is 16.0 Å². The van der Waals surface area contributed by atoms with Gasteiger partial charge in [-0.15, -0.1) is 0 Å². The third-order valence-corrected chi connectivity index (χ3v) is 8.28. The fourth-order valence-electron chi connectivity index (χ4n) is 5.00. The molecule has 0 spiro atoms. The van der Waals surface area contributed by atoms with Crippen LogP contribution in [0, 0.1) is 20.8 Å². The molecule has 3 heterocycles. The van der Waals surface area contributed by atoms with Crippen LogP contribution in [0.4, 0.5) is 17.5 Å². The molecule has 5 rings (SSSR count). The van der Waals surface area contributed by atoms with Crippen LogP contribution in [0.5, 0.6) is 0 Å². The van der Waals surface area contributed by atoms with Gasteiger partial charge in [-0.2, -0.15) is 0 Å². The van der Waals surface area contributed by atoms with E-state index in [0.717, 1.165) is 5.56 Å². The van der Waals surface area contributed by atoms with E-state index in [1.54, 1.807) is 50.5 Å². The van der Waals surface area contributed by atoms with E-state index in [4.69, 9.17) is 4.98 Å².